The summed E-state index contributed by atoms with van der Waals surface area (Å²) in [5.74, 6) is 0. The minimum absolute atomic E-state index is 0. The number of benzene rings is 1. The minimum atomic E-state index is -0.283. The molecule has 0 aliphatic carbocycles. The van der Waals surface area contributed by atoms with E-state index in [1.54, 1.807) is 23.0 Å². The first-order valence-corrected chi connectivity index (χ1v) is 5.43. The second kappa shape index (κ2) is 5.87. The molecule has 2 rings (SSSR count). The van der Waals surface area contributed by atoms with Crippen LogP contribution in [-0.2, 0) is 7.05 Å². The van der Waals surface area contributed by atoms with Crippen molar-refractivity contribution in [2.75, 3.05) is 0 Å². The highest BCUT2D eigenvalue weighted by Gasteiger charge is 2.12. The maximum absolute atomic E-state index is 8.79. The lowest BCUT2D eigenvalue weighted by Gasteiger charge is -2.10. The predicted octanol–water partition coefficient (Wildman–Crippen LogP) is 2.42. The molecule has 1 aromatic carbocycles. The Morgan fingerprint density at radius 3 is 2.67 bits per heavy atom. The highest BCUT2D eigenvalue weighted by atomic mass is 35.5. The van der Waals surface area contributed by atoms with Crippen LogP contribution < -0.4 is 5.73 Å². The Bertz CT molecular complexity index is 586. The van der Waals surface area contributed by atoms with Crippen LogP contribution in [0.5, 0.6) is 0 Å². The van der Waals surface area contributed by atoms with Gasteiger partial charge in [-0.25, -0.2) is 0 Å². The first-order valence-electron chi connectivity index (χ1n) is 5.05. The standard InChI is InChI=1S/C12H11ClN4.ClH/c1-17-7-10(6-16-17)12(15)8-2-3-9(5-14)11(13)4-8;/h2-4,6-7,12H,15H2,1H3;1H. The Hall–Kier alpha value is -1.54. The van der Waals surface area contributed by atoms with E-state index < -0.39 is 0 Å². The fourth-order valence-corrected chi connectivity index (χ4v) is 1.84. The number of nitrogens with zero attached hydrogens (tertiary/aromatic N) is 3. The predicted molar refractivity (Wildman–Crippen MR) is 72.7 cm³/mol. The van der Waals surface area contributed by atoms with Gasteiger partial charge in [-0.2, -0.15) is 10.4 Å². The van der Waals surface area contributed by atoms with Gasteiger partial charge in [-0.3, -0.25) is 4.68 Å². The first kappa shape index (κ1) is 14.5. The number of nitriles is 1. The van der Waals surface area contributed by atoms with Gasteiger partial charge >= 0.3 is 0 Å². The molecule has 4 nitrogen and oxygen atoms in total. The van der Waals surface area contributed by atoms with E-state index in [4.69, 9.17) is 22.6 Å². The molecule has 2 N–H and O–H groups in total. The SMILES string of the molecule is Cl.Cn1cc(C(N)c2ccc(C#N)c(Cl)c2)cn1. The van der Waals surface area contributed by atoms with Gasteiger partial charge in [0.2, 0.25) is 0 Å². The van der Waals surface area contributed by atoms with Crippen LogP contribution in [0.4, 0.5) is 0 Å². The Morgan fingerprint density at radius 1 is 1.44 bits per heavy atom. The van der Waals surface area contributed by atoms with Gasteiger partial charge < -0.3 is 5.73 Å². The van der Waals surface area contributed by atoms with Gasteiger partial charge in [0.05, 0.1) is 22.8 Å². The maximum atomic E-state index is 8.79. The van der Waals surface area contributed by atoms with Crippen LogP contribution in [0.15, 0.2) is 30.6 Å². The molecule has 0 spiro atoms. The Labute approximate surface area is 116 Å². The Morgan fingerprint density at radius 2 is 2.17 bits per heavy atom. The van der Waals surface area contributed by atoms with Gasteiger partial charge in [-0.15, -0.1) is 12.4 Å². The van der Waals surface area contributed by atoms with Gasteiger partial charge in [0.1, 0.15) is 6.07 Å². The van der Waals surface area contributed by atoms with E-state index in [1.807, 2.05) is 25.4 Å². The molecular formula is C12H12Cl2N4. The molecule has 1 atom stereocenters. The third-order valence-corrected chi connectivity index (χ3v) is 2.87. The van der Waals surface area contributed by atoms with Crippen molar-refractivity contribution >= 4 is 24.0 Å². The van der Waals surface area contributed by atoms with Crippen LogP contribution in [0, 0.1) is 11.3 Å². The maximum Gasteiger partial charge on any atom is 0.101 e. The molecule has 1 unspecified atom stereocenters. The quantitative estimate of drug-likeness (QED) is 0.920. The summed E-state index contributed by atoms with van der Waals surface area (Å²) in [6.45, 7) is 0. The molecule has 1 aromatic heterocycles. The zero-order valence-corrected chi connectivity index (χ0v) is 11.2. The van der Waals surface area contributed by atoms with Crippen LogP contribution in [0.1, 0.15) is 22.7 Å². The summed E-state index contributed by atoms with van der Waals surface area (Å²) in [6.07, 6.45) is 3.58. The van der Waals surface area contributed by atoms with E-state index >= 15 is 0 Å². The van der Waals surface area contributed by atoms with Crippen molar-refractivity contribution in [3.05, 3.63) is 52.3 Å². The molecule has 0 radical (unpaired) electrons. The molecule has 1 heterocycles. The number of hydrogen-bond acceptors (Lipinski definition) is 3. The topological polar surface area (TPSA) is 67.6 Å². The van der Waals surface area contributed by atoms with Crippen LogP contribution >= 0.6 is 24.0 Å². The van der Waals surface area contributed by atoms with E-state index in [2.05, 4.69) is 5.10 Å². The van der Waals surface area contributed by atoms with Crippen molar-refractivity contribution in [1.29, 1.82) is 5.26 Å². The molecule has 18 heavy (non-hydrogen) atoms. The molecule has 0 fully saturated rings. The lowest BCUT2D eigenvalue weighted by atomic mass is 10.0. The molecule has 0 aliphatic rings. The summed E-state index contributed by atoms with van der Waals surface area (Å²) in [6, 6.07) is 6.93. The average molecular weight is 283 g/mol. The van der Waals surface area contributed by atoms with Crippen molar-refractivity contribution in [3.8, 4) is 6.07 Å². The molecule has 0 saturated heterocycles. The summed E-state index contributed by atoms with van der Waals surface area (Å²) in [7, 11) is 1.84. The van der Waals surface area contributed by atoms with Gasteiger partial charge in [-0.05, 0) is 17.7 Å². The highest BCUT2D eigenvalue weighted by Crippen LogP contribution is 2.24. The summed E-state index contributed by atoms with van der Waals surface area (Å²) in [5.41, 5.74) is 8.32. The second-order valence-electron chi connectivity index (χ2n) is 3.78. The molecule has 94 valence electrons. The summed E-state index contributed by atoms with van der Waals surface area (Å²) in [5, 5.41) is 13.3. The molecule has 2 aromatic rings. The fraction of sp³-hybridized carbons (Fsp3) is 0.167. The first-order chi connectivity index (χ1) is 8.11. The van der Waals surface area contributed by atoms with Gasteiger partial charge in [0.15, 0.2) is 0 Å². The van der Waals surface area contributed by atoms with Crippen molar-refractivity contribution in [3.63, 3.8) is 0 Å². The average Bonchev–Trinajstić information content (AvgIpc) is 2.75. The van der Waals surface area contributed by atoms with Crippen molar-refractivity contribution in [1.82, 2.24) is 9.78 Å². The van der Waals surface area contributed by atoms with E-state index in [9.17, 15) is 0 Å². The third kappa shape index (κ3) is 2.82. The minimum Gasteiger partial charge on any atom is -0.320 e. The number of rotatable bonds is 2. The molecular weight excluding hydrogens is 271 g/mol. The van der Waals surface area contributed by atoms with Gasteiger partial charge in [-0.1, -0.05) is 17.7 Å². The monoisotopic (exact) mass is 282 g/mol. The molecule has 0 amide bonds. The van der Waals surface area contributed by atoms with Crippen molar-refractivity contribution in [2.24, 2.45) is 12.8 Å². The Kier molecular flexibility index (Phi) is 4.74. The summed E-state index contributed by atoms with van der Waals surface area (Å²) < 4.78 is 1.69. The number of aryl methyl sites for hydroxylation is 1. The zero-order valence-electron chi connectivity index (χ0n) is 9.67. The number of nitrogens with two attached hydrogens (primary N) is 1. The number of hydrogen-bond donors (Lipinski definition) is 1. The van der Waals surface area contributed by atoms with Crippen molar-refractivity contribution in [2.45, 2.75) is 6.04 Å². The van der Waals surface area contributed by atoms with E-state index in [-0.39, 0.29) is 18.4 Å². The molecule has 0 aliphatic heterocycles. The van der Waals surface area contributed by atoms with Crippen LogP contribution in [-0.4, -0.2) is 9.78 Å². The lowest BCUT2D eigenvalue weighted by Crippen LogP contribution is -2.11. The summed E-state index contributed by atoms with van der Waals surface area (Å²) in [4.78, 5) is 0. The number of aromatic nitrogens is 2. The zero-order chi connectivity index (χ0) is 12.4. The van der Waals surface area contributed by atoms with E-state index in [0.29, 0.717) is 10.6 Å². The van der Waals surface area contributed by atoms with Gasteiger partial charge in [0, 0.05) is 18.8 Å². The molecule has 0 saturated carbocycles. The number of halogens is 2. The lowest BCUT2D eigenvalue weighted by molar-refractivity contribution is 0.765. The Balaban J connectivity index is 0.00000162. The molecule has 6 heteroatoms. The van der Waals surface area contributed by atoms with Gasteiger partial charge in [0.25, 0.3) is 0 Å². The van der Waals surface area contributed by atoms with Crippen LogP contribution in [0.3, 0.4) is 0 Å². The second-order valence-corrected chi connectivity index (χ2v) is 4.18. The highest BCUT2D eigenvalue weighted by molar-refractivity contribution is 6.31. The largest absolute Gasteiger partial charge is 0.320 e. The van der Waals surface area contributed by atoms with Crippen molar-refractivity contribution < 1.29 is 0 Å². The summed E-state index contributed by atoms with van der Waals surface area (Å²) >= 11 is 5.97. The fourth-order valence-electron chi connectivity index (χ4n) is 1.61. The third-order valence-electron chi connectivity index (χ3n) is 2.56. The van der Waals surface area contributed by atoms with E-state index in [1.165, 1.54) is 0 Å². The van der Waals surface area contributed by atoms with E-state index in [0.717, 1.165) is 11.1 Å². The normalized spacial score (nSPS) is 11.4. The van der Waals surface area contributed by atoms with Crippen LogP contribution in [0.25, 0.3) is 0 Å². The van der Waals surface area contributed by atoms with Crippen LogP contribution in [0.2, 0.25) is 5.02 Å². The smallest absolute Gasteiger partial charge is 0.101 e. The molecule has 0 bridgehead atoms.